The lowest BCUT2D eigenvalue weighted by Crippen LogP contribution is -1.85. The van der Waals surface area contributed by atoms with E-state index in [0.29, 0.717) is 0 Å². The third kappa shape index (κ3) is 10.1. The zero-order valence-electron chi connectivity index (χ0n) is 16.7. The summed E-state index contributed by atoms with van der Waals surface area (Å²) in [4.78, 5) is 4.24. The first-order valence-corrected chi connectivity index (χ1v) is 9.03. The zero-order valence-corrected chi connectivity index (χ0v) is 16.7. The fraction of sp³-hybridized carbons (Fsp3) is 0.292. The zero-order chi connectivity index (χ0) is 19.1. The molecule has 2 aromatic rings. The van der Waals surface area contributed by atoms with Crippen LogP contribution in [0.1, 0.15) is 50.1 Å². The van der Waals surface area contributed by atoms with E-state index in [0.717, 1.165) is 17.7 Å². The predicted molar refractivity (Wildman–Crippen MR) is 114 cm³/mol. The first-order chi connectivity index (χ1) is 12.1. The van der Waals surface area contributed by atoms with Crippen LogP contribution in [0, 0.1) is 13.8 Å². The summed E-state index contributed by atoms with van der Waals surface area (Å²) < 4.78 is 0. The summed E-state index contributed by atoms with van der Waals surface area (Å²) >= 11 is 0. The Morgan fingerprint density at radius 1 is 1.04 bits per heavy atom. The second-order valence-corrected chi connectivity index (χ2v) is 5.47. The van der Waals surface area contributed by atoms with Crippen LogP contribution in [0.3, 0.4) is 0 Å². The average Bonchev–Trinajstić information content (AvgIpc) is 2.64. The van der Waals surface area contributed by atoms with Gasteiger partial charge in [0, 0.05) is 6.20 Å². The smallest absolute Gasteiger partial charge is 0.0698 e. The molecule has 0 saturated heterocycles. The number of allylic oxidation sites excluding steroid dienone is 5. The van der Waals surface area contributed by atoms with Crippen LogP contribution in [0.15, 0.2) is 73.5 Å². The van der Waals surface area contributed by atoms with Crippen LogP contribution >= 0.6 is 0 Å². The maximum Gasteiger partial charge on any atom is 0.0698 e. The van der Waals surface area contributed by atoms with Gasteiger partial charge < -0.3 is 0 Å². The summed E-state index contributed by atoms with van der Waals surface area (Å²) in [6.07, 6.45) is 10.8. The molecule has 0 aliphatic rings. The van der Waals surface area contributed by atoms with Gasteiger partial charge in [-0.1, -0.05) is 81.5 Å². The van der Waals surface area contributed by atoms with E-state index in [1.54, 1.807) is 6.20 Å². The lowest BCUT2D eigenvalue weighted by Gasteiger charge is -1.99. The van der Waals surface area contributed by atoms with Crippen molar-refractivity contribution >= 4 is 5.57 Å². The van der Waals surface area contributed by atoms with Gasteiger partial charge in [0.2, 0.25) is 0 Å². The third-order valence-corrected chi connectivity index (χ3v) is 3.34. The second kappa shape index (κ2) is 14.0. The van der Waals surface area contributed by atoms with Crippen molar-refractivity contribution in [2.45, 2.75) is 48.0 Å². The minimum absolute atomic E-state index is 0.936. The van der Waals surface area contributed by atoms with Crippen molar-refractivity contribution in [1.82, 2.24) is 4.98 Å². The van der Waals surface area contributed by atoms with Crippen LogP contribution in [-0.2, 0) is 6.42 Å². The van der Waals surface area contributed by atoms with Gasteiger partial charge >= 0.3 is 0 Å². The van der Waals surface area contributed by atoms with E-state index in [1.807, 2.05) is 64.1 Å². The Bertz CT molecular complexity index is 678. The van der Waals surface area contributed by atoms with Crippen molar-refractivity contribution in [1.29, 1.82) is 0 Å². The Morgan fingerprint density at radius 2 is 1.72 bits per heavy atom. The number of pyridine rings is 1. The highest BCUT2D eigenvalue weighted by molar-refractivity contribution is 5.69. The number of hydrogen-bond acceptors (Lipinski definition) is 1. The number of aryl methyl sites for hydroxylation is 3. The van der Waals surface area contributed by atoms with Gasteiger partial charge in [0.25, 0.3) is 0 Å². The summed E-state index contributed by atoms with van der Waals surface area (Å²) in [6.45, 7) is 16.3. The molecule has 0 fully saturated rings. The lowest BCUT2D eigenvalue weighted by molar-refractivity contribution is 1.13. The van der Waals surface area contributed by atoms with Crippen molar-refractivity contribution in [3.05, 3.63) is 95.9 Å². The Balaban J connectivity index is 0.000000451. The maximum atomic E-state index is 4.24. The highest BCUT2D eigenvalue weighted by Gasteiger charge is 1.95. The number of rotatable bonds is 4. The van der Waals surface area contributed by atoms with Crippen LogP contribution in [0.25, 0.3) is 5.57 Å². The Labute approximate surface area is 154 Å². The standard InChI is InChI=1S/C13H15N.C9H12.C2H6/c1-4-5-6-7-12(3)13-10-11(2)8-9-14-13;1-3-9-6-4-5-8(2)7-9;1-2/h4-10H,3H2,1-2H3;4-7H,3H2,1-2H3;1-2H3/b5-4-,7-6-;;. The van der Waals surface area contributed by atoms with Crippen LogP contribution < -0.4 is 0 Å². The molecule has 0 spiro atoms. The summed E-state index contributed by atoms with van der Waals surface area (Å²) in [5.74, 6) is 0. The monoisotopic (exact) mass is 335 g/mol. The Hall–Kier alpha value is -2.41. The topological polar surface area (TPSA) is 12.9 Å². The summed E-state index contributed by atoms with van der Waals surface area (Å²) in [7, 11) is 0. The fourth-order valence-electron chi connectivity index (χ4n) is 2.01. The number of hydrogen-bond donors (Lipinski definition) is 0. The molecule has 25 heavy (non-hydrogen) atoms. The van der Waals surface area contributed by atoms with Gasteiger partial charge in [0.15, 0.2) is 0 Å². The molecular weight excluding hydrogens is 302 g/mol. The molecule has 1 nitrogen and oxygen atoms in total. The van der Waals surface area contributed by atoms with Gasteiger partial charge in [-0.25, -0.2) is 0 Å². The predicted octanol–water partition coefficient (Wildman–Crippen LogP) is 7.12. The summed E-state index contributed by atoms with van der Waals surface area (Å²) in [5.41, 5.74) is 5.86. The normalized spacial score (nSPS) is 10.0. The summed E-state index contributed by atoms with van der Waals surface area (Å²) in [6, 6.07) is 12.6. The molecule has 1 aromatic heterocycles. The molecule has 1 heterocycles. The van der Waals surface area contributed by atoms with E-state index < -0.39 is 0 Å². The van der Waals surface area contributed by atoms with Gasteiger partial charge in [0.05, 0.1) is 5.69 Å². The second-order valence-electron chi connectivity index (χ2n) is 5.47. The molecule has 1 heteroatoms. The molecule has 2 rings (SSSR count). The van der Waals surface area contributed by atoms with E-state index in [2.05, 4.69) is 49.7 Å². The van der Waals surface area contributed by atoms with Gasteiger partial charge in [-0.15, -0.1) is 0 Å². The Kier molecular flexibility index (Phi) is 12.6. The van der Waals surface area contributed by atoms with Crippen molar-refractivity contribution in [2.75, 3.05) is 0 Å². The number of benzene rings is 1. The Morgan fingerprint density at radius 3 is 2.24 bits per heavy atom. The number of aromatic nitrogens is 1. The largest absolute Gasteiger partial charge is 0.256 e. The third-order valence-electron chi connectivity index (χ3n) is 3.34. The van der Waals surface area contributed by atoms with Gasteiger partial charge in [-0.3, -0.25) is 4.98 Å². The maximum absolute atomic E-state index is 4.24. The van der Waals surface area contributed by atoms with Gasteiger partial charge in [-0.2, -0.15) is 0 Å². The van der Waals surface area contributed by atoms with Crippen molar-refractivity contribution in [3.63, 3.8) is 0 Å². The van der Waals surface area contributed by atoms with E-state index in [4.69, 9.17) is 0 Å². The van der Waals surface area contributed by atoms with E-state index in [9.17, 15) is 0 Å². The molecule has 1 aromatic carbocycles. The minimum Gasteiger partial charge on any atom is -0.256 e. The highest BCUT2D eigenvalue weighted by atomic mass is 14.7. The number of nitrogens with zero attached hydrogens (tertiary/aromatic N) is 1. The highest BCUT2D eigenvalue weighted by Crippen LogP contribution is 2.11. The first-order valence-electron chi connectivity index (χ1n) is 9.03. The molecule has 0 bridgehead atoms. The molecule has 134 valence electrons. The van der Waals surface area contributed by atoms with Crippen molar-refractivity contribution in [2.24, 2.45) is 0 Å². The van der Waals surface area contributed by atoms with E-state index >= 15 is 0 Å². The molecule has 0 radical (unpaired) electrons. The van der Waals surface area contributed by atoms with Gasteiger partial charge in [0.1, 0.15) is 0 Å². The van der Waals surface area contributed by atoms with Crippen LogP contribution in [0.5, 0.6) is 0 Å². The average molecular weight is 336 g/mol. The fourth-order valence-corrected chi connectivity index (χ4v) is 2.01. The molecule has 0 saturated carbocycles. The van der Waals surface area contributed by atoms with Crippen LogP contribution in [-0.4, -0.2) is 4.98 Å². The van der Waals surface area contributed by atoms with E-state index in [-0.39, 0.29) is 0 Å². The molecule has 0 amide bonds. The van der Waals surface area contributed by atoms with Gasteiger partial charge in [-0.05, 0) is 56.0 Å². The SMILES string of the molecule is C=C(/C=C\C=C/C)c1cc(C)ccn1.CC.CCc1cccc(C)c1. The molecule has 0 atom stereocenters. The minimum atomic E-state index is 0.936. The molecule has 0 aliphatic heterocycles. The van der Waals surface area contributed by atoms with E-state index in [1.165, 1.54) is 16.7 Å². The van der Waals surface area contributed by atoms with Crippen LogP contribution in [0.4, 0.5) is 0 Å². The molecular formula is C24H33N. The van der Waals surface area contributed by atoms with Crippen LogP contribution in [0.2, 0.25) is 0 Å². The van der Waals surface area contributed by atoms with Crippen molar-refractivity contribution < 1.29 is 0 Å². The quantitative estimate of drug-likeness (QED) is 0.542. The molecule has 0 aliphatic carbocycles. The first kappa shape index (κ1) is 22.6. The summed E-state index contributed by atoms with van der Waals surface area (Å²) in [5, 5.41) is 0. The molecule has 0 N–H and O–H groups in total. The van der Waals surface area contributed by atoms with Crippen molar-refractivity contribution in [3.8, 4) is 0 Å². The molecule has 0 unspecified atom stereocenters. The lowest BCUT2D eigenvalue weighted by atomic mass is 10.1.